The van der Waals surface area contributed by atoms with E-state index in [1.165, 1.54) is 5.56 Å². The fraction of sp³-hybridized carbons (Fsp3) is 0.0476. The molecule has 4 aromatic rings. The van der Waals surface area contributed by atoms with Crippen LogP contribution in [0.15, 0.2) is 83.7 Å². The summed E-state index contributed by atoms with van der Waals surface area (Å²) in [5, 5.41) is 0. The third kappa shape index (κ3) is 3.15. The molecule has 0 atom stereocenters. The Bertz CT molecular complexity index is 965. The highest BCUT2D eigenvalue weighted by atomic mass is 16.3. The zero-order valence-electron chi connectivity index (χ0n) is 13.6. The van der Waals surface area contributed by atoms with Crippen LogP contribution < -0.4 is 5.73 Å². The second-order valence-corrected chi connectivity index (χ2v) is 5.80. The van der Waals surface area contributed by atoms with Gasteiger partial charge in [-0.1, -0.05) is 60.7 Å². The van der Waals surface area contributed by atoms with Gasteiger partial charge in [0.15, 0.2) is 0 Å². The first kappa shape index (κ1) is 15.1. The molecule has 0 fully saturated rings. The van der Waals surface area contributed by atoms with Crippen molar-refractivity contribution in [3.63, 3.8) is 0 Å². The molecule has 122 valence electrons. The van der Waals surface area contributed by atoms with E-state index < -0.39 is 0 Å². The van der Waals surface area contributed by atoms with Crippen LogP contribution in [-0.2, 0) is 6.42 Å². The van der Waals surface area contributed by atoms with Crippen molar-refractivity contribution in [2.75, 3.05) is 5.73 Å². The predicted octanol–water partition coefficient (Wildman–Crippen LogP) is 4.58. The van der Waals surface area contributed by atoms with Gasteiger partial charge in [0.05, 0.1) is 23.9 Å². The van der Waals surface area contributed by atoms with Gasteiger partial charge in [-0.3, -0.25) is 0 Å². The van der Waals surface area contributed by atoms with E-state index in [9.17, 15) is 0 Å². The maximum Gasteiger partial charge on any atom is 0.221 e. The number of benzene rings is 2. The Hall–Kier alpha value is -3.40. The molecule has 4 rings (SSSR count). The van der Waals surface area contributed by atoms with Crippen molar-refractivity contribution in [2.45, 2.75) is 6.42 Å². The lowest BCUT2D eigenvalue weighted by Gasteiger charge is -2.14. The van der Waals surface area contributed by atoms with Crippen molar-refractivity contribution in [1.29, 1.82) is 0 Å². The van der Waals surface area contributed by atoms with Crippen LogP contribution >= 0.6 is 0 Å². The van der Waals surface area contributed by atoms with E-state index in [0.717, 1.165) is 28.1 Å². The van der Waals surface area contributed by atoms with Gasteiger partial charge in [-0.15, -0.1) is 0 Å². The molecule has 0 aliphatic carbocycles. The third-order valence-corrected chi connectivity index (χ3v) is 4.09. The first-order valence-corrected chi connectivity index (χ1v) is 8.09. The first-order chi connectivity index (χ1) is 12.3. The van der Waals surface area contributed by atoms with Gasteiger partial charge < -0.3 is 10.2 Å². The molecular formula is C21H17N3O. The minimum atomic E-state index is 0.256. The lowest BCUT2D eigenvalue weighted by molar-refractivity contribution is 0.568. The number of nitrogens with zero attached hydrogens (tertiary/aromatic N) is 2. The number of nitrogen functional groups attached to an aromatic ring is 1. The van der Waals surface area contributed by atoms with E-state index in [2.05, 4.69) is 22.1 Å². The van der Waals surface area contributed by atoms with Crippen molar-refractivity contribution in [3.05, 3.63) is 90.4 Å². The molecule has 2 N–H and O–H groups in total. The number of aromatic nitrogens is 2. The summed E-state index contributed by atoms with van der Waals surface area (Å²) >= 11 is 0. The molecule has 2 heterocycles. The first-order valence-electron chi connectivity index (χ1n) is 8.09. The van der Waals surface area contributed by atoms with E-state index in [1.54, 1.807) is 12.5 Å². The molecule has 0 bridgehead atoms. The zero-order chi connectivity index (χ0) is 17.1. The van der Waals surface area contributed by atoms with Crippen LogP contribution in [0.2, 0.25) is 0 Å². The fourth-order valence-corrected chi connectivity index (χ4v) is 2.94. The second kappa shape index (κ2) is 6.61. The minimum absolute atomic E-state index is 0.256. The van der Waals surface area contributed by atoms with Gasteiger partial charge in [0, 0.05) is 23.1 Å². The number of furan rings is 1. The molecule has 2 aromatic heterocycles. The van der Waals surface area contributed by atoms with Crippen LogP contribution in [0.25, 0.3) is 22.5 Å². The van der Waals surface area contributed by atoms with Crippen LogP contribution in [0.4, 0.5) is 5.95 Å². The van der Waals surface area contributed by atoms with Gasteiger partial charge in [0.25, 0.3) is 0 Å². The normalized spacial score (nSPS) is 10.7. The number of hydrogen-bond donors (Lipinski definition) is 1. The quantitative estimate of drug-likeness (QED) is 0.596. The summed E-state index contributed by atoms with van der Waals surface area (Å²) in [6.45, 7) is 0. The molecule has 25 heavy (non-hydrogen) atoms. The van der Waals surface area contributed by atoms with Crippen LogP contribution in [0.5, 0.6) is 0 Å². The van der Waals surface area contributed by atoms with Crippen LogP contribution in [0, 0.1) is 0 Å². The predicted molar refractivity (Wildman–Crippen MR) is 98.8 cm³/mol. The van der Waals surface area contributed by atoms with E-state index in [1.807, 2.05) is 54.6 Å². The Morgan fingerprint density at radius 2 is 1.40 bits per heavy atom. The molecule has 0 radical (unpaired) electrons. The Balaban J connectivity index is 1.94. The Morgan fingerprint density at radius 1 is 0.760 bits per heavy atom. The van der Waals surface area contributed by atoms with Crippen LogP contribution in [0.1, 0.15) is 11.1 Å². The fourth-order valence-electron chi connectivity index (χ4n) is 2.94. The maximum absolute atomic E-state index is 6.01. The van der Waals surface area contributed by atoms with Crippen molar-refractivity contribution in [2.24, 2.45) is 0 Å². The van der Waals surface area contributed by atoms with E-state index in [4.69, 9.17) is 10.2 Å². The minimum Gasteiger partial charge on any atom is -0.472 e. The summed E-state index contributed by atoms with van der Waals surface area (Å²) in [7, 11) is 0. The summed E-state index contributed by atoms with van der Waals surface area (Å²) in [6.07, 6.45) is 4.04. The molecule has 2 aromatic carbocycles. The van der Waals surface area contributed by atoms with E-state index in [0.29, 0.717) is 6.42 Å². The lowest BCUT2D eigenvalue weighted by Crippen LogP contribution is -2.05. The molecule has 0 amide bonds. The van der Waals surface area contributed by atoms with Gasteiger partial charge in [0.1, 0.15) is 0 Å². The van der Waals surface area contributed by atoms with E-state index in [-0.39, 0.29) is 5.95 Å². The molecule has 0 saturated heterocycles. The van der Waals surface area contributed by atoms with Gasteiger partial charge in [-0.2, -0.15) is 0 Å². The highest BCUT2D eigenvalue weighted by molar-refractivity contribution is 5.75. The second-order valence-electron chi connectivity index (χ2n) is 5.80. The van der Waals surface area contributed by atoms with Crippen LogP contribution in [0.3, 0.4) is 0 Å². The summed E-state index contributed by atoms with van der Waals surface area (Å²) < 4.78 is 5.26. The molecular weight excluding hydrogens is 310 g/mol. The molecule has 0 saturated carbocycles. The highest BCUT2D eigenvalue weighted by Crippen LogP contribution is 2.32. The molecule has 0 aliphatic rings. The Morgan fingerprint density at radius 3 is 2.04 bits per heavy atom. The third-order valence-electron chi connectivity index (χ3n) is 4.09. The number of rotatable bonds is 4. The average Bonchev–Trinajstić information content (AvgIpc) is 3.19. The molecule has 4 nitrogen and oxygen atoms in total. The van der Waals surface area contributed by atoms with Gasteiger partial charge in [0.2, 0.25) is 5.95 Å². The average molecular weight is 327 g/mol. The number of nitrogens with two attached hydrogens (primary N) is 1. The van der Waals surface area contributed by atoms with Crippen molar-refractivity contribution in [1.82, 2.24) is 9.97 Å². The standard InChI is InChI=1S/C21H17N3O/c22-21-23-19(16-9-5-2-6-10-16)18(13-15-7-3-1-4-8-15)20(24-21)17-11-12-25-14-17/h1-12,14H,13H2,(H2,22,23,24). The van der Waals surface area contributed by atoms with Crippen LogP contribution in [-0.4, -0.2) is 9.97 Å². The molecule has 0 aliphatic heterocycles. The number of anilines is 1. The monoisotopic (exact) mass is 327 g/mol. The van der Waals surface area contributed by atoms with E-state index >= 15 is 0 Å². The smallest absolute Gasteiger partial charge is 0.221 e. The zero-order valence-corrected chi connectivity index (χ0v) is 13.6. The summed E-state index contributed by atoms with van der Waals surface area (Å²) in [6, 6.07) is 22.2. The van der Waals surface area contributed by atoms with Crippen molar-refractivity contribution < 1.29 is 4.42 Å². The van der Waals surface area contributed by atoms with Gasteiger partial charge in [-0.25, -0.2) is 9.97 Å². The lowest BCUT2D eigenvalue weighted by atomic mass is 9.96. The van der Waals surface area contributed by atoms with Crippen molar-refractivity contribution in [3.8, 4) is 22.5 Å². The summed E-state index contributed by atoms with van der Waals surface area (Å²) in [4.78, 5) is 9.05. The van der Waals surface area contributed by atoms with Gasteiger partial charge in [-0.05, 0) is 11.6 Å². The molecule has 0 spiro atoms. The topological polar surface area (TPSA) is 64.9 Å². The summed E-state index contributed by atoms with van der Waals surface area (Å²) in [5.74, 6) is 0.256. The molecule has 0 unspecified atom stereocenters. The largest absolute Gasteiger partial charge is 0.472 e. The summed E-state index contributed by atoms with van der Waals surface area (Å²) in [5.41, 5.74) is 11.8. The SMILES string of the molecule is Nc1nc(-c2ccccc2)c(Cc2ccccc2)c(-c2ccoc2)n1. The Labute approximate surface area is 146 Å². The maximum atomic E-state index is 6.01. The highest BCUT2D eigenvalue weighted by Gasteiger charge is 2.17. The Kier molecular flexibility index (Phi) is 4.01. The van der Waals surface area contributed by atoms with Crippen molar-refractivity contribution >= 4 is 5.95 Å². The number of hydrogen-bond acceptors (Lipinski definition) is 4. The van der Waals surface area contributed by atoms with Gasteiger partial charge >= 0.3 is 0 Å². The molecule has 4 heteroatoms.